The van der Waals surface area contributed by atoms with Gasteiger partial charge in [0.1, 0.15) is 5.75 Å². The van der Waals surface area contributed by atoms with Crippen LogP contribution in [0, 0.1) is 6.92 Å². The first kappa shape index (κ1) is 15.9. The van der Waals surface area contributed by atoms with Gasteiger partial charge < -0.3 is 4.74 Å². The molecule has 7 heteroatoms. The SMILES string of the molecule is COc1ccccc1C=NNC(=O)c1cc(-c2ccc(C)s2)[nH]n1. The van der Waals surface area contributed by atoms with Gasteiger partial charge in [0.15, 0.2) is 5.69 Å². The van der Waals surface area contributed by atoms with E-state index in [9.17, 15) is 4.79 Å². The van der Waals surface area contributed by atoms with Crippen LogP contribution in [0.4, 0.5) is 0 Å². The second kappa shape index (κ2) is 7.10. The van der Waals surface area contributed by atoms with Crippen LogP contribution in [0.25, 0.3) is 10.6 Å². The van der Waals surface area contributed by atoms with Crippen molar-refractivity contribution < 1.29 is 9.53 Å². The summed E-state index contributed by atoms with van der Waals surface area (Å²) in [6, 6.07) is 13.1. The van der Waals surface area contributed by atoms with Crippen molar-refractivity contribution in [1.82, 2.24) is 15.6 Å². The maximum Gasteiger partial charge on any atom is 0.291 e. The molecule has 0 saturated carbocycles. The number of carbonyl (C=O) groups excluding carboxylic acids is 1. The van der Waals surface area contributed by atoms with Crippen LogP contribution in [0.15, 0.2) is 47.6 Å². The molecule has 2 N–H and O–H groups in total. The van der Waals surface area contributed by atoms with Gasteiger partial charge in [-0.05, 0) is 37.3 Å². The topological polar surface area (TPSA) is 79.4 Å². The average molecular weight is 340 g/mol. The van der Waals surface area contributed by atoms with Crippen LogP contribution >= 0.6 is 11.3 Å². The molecule has 0 aliphatic rings. The summed E-state index contributed by atoms with van der Waals surface area (Å²) in [6.45, 7) is 2.03. The molecular weight excluding hydrogens is 324 g/mol. The zero-order chi connectivity index (χ0) is 16.9. The Labute approximate surface area is 143 Å². The number of ether oxygens (including phenoxy) is 1. The molecule has 1 aromatic carbocycles. The Morgan fingerprint density at radius 2 is 2.17 bits per heavy atom. The van der Waals surface area contributed by atoms with Crippen LogP contribution < -0.4 is 10.2 Å². The van der Waals surface area contributed by atoms with E-state index in [-0.39, 0.29) is 11.6 Å². The number of benzene rings is 1. The van der Waals surface area contributed by atoms with Crippen LogP contribution in [0.2, 0.25) is 0 Å². The molecule has 2 aromatic heterocycles. The number of rotatable bonds is 5. The van der Waals surface area contributed by atoms with Crippen molar-refractivity contribution in [3.8, 4) is 16.3 Å². The largest absolute Gasteiger partial charge is 0.496 e. The van der Waals surface area contributed by atoms with E-state index in [1.807, 2.05) is 43.3 Å². The molecule has 3 aromatic rings. The molecule has 0 saturated heterocycles. The molecule has 2 heterocycles. The molecule has 0 aliphatic carbocycles. The molecule has 0 atom stereocenters. The average Bonchev–Trinajstić information content (AvgIpc) is 3.24. The smallest absolute Gasteiger partial charge is 0.291 e. The summed E-state index contributed by atoms with van der Waals surface area (Å²) in [6.07, 6.45) is 1.53. The number of nitrogens with zero attached hydrogens (tertiary/aromatic N) is 2. The highest BCUT2D eigenvalue weighted by Gasteiger charge is 2.11. The minimum atomic E-state index is -0.378. The first-order chi connectivity index (χ1) is 11.7. The Balaban J connectivity index is 1.67. The number of hydrogen-bond acceptors (Lipinski definition) is 5. The Morgan fingerprint density at radius 1 is 1.33 bits per heavy atom. The van der Waals surface area contributed by atoms with Gasteiger partial charge in [-0.3, -0.25) is 9.89 Å². The summed E-state index contributed by atoms with van der Waals surface area (Å²) in [5.41, 5.74) is 4.34. The zero-order valence-corrected chi connectivity index (χ0v) is 14.1. The number of hydrazone groups is 1. The molecular formula is C17H16N4O2S. The Bertz CT molecular complexity index is 882. The maximum atomic E-state index is 12.1. The molecule has 0 radical (unpaired) electrons. The summed E-state index contributed by atoms with van der Waals surface area (Å²) in [5, 5.41) is 10.9. The predicted molar refractivity (Wildman–Crippen MR) is 94.7 cm³/mol. The van der Waals surface area contributed by atoms with Gasteiger partial charge in [-0.25, -0.2) is 5.43 Å². The summed E-state index contributed by atoms with van der Waals surface area (Å²) in [4.78, 5) is 14.3. The molecule has 24 heavy (non-hydrogen) atoms. The van der Waals surface area contributed by atoms with Gasteiger partial charge in [-0.2, -0.15) is 10.2 Å². The number of H-pyrrole nitrogens is 1. The molecule has 6 nitrogen and oxygen atoms in total. The Morgan fingerprint density at radius 3 is 2.92 bits per heavy atom. The van der Waals surface area contributed by atoms with Crippen molar-refractivity contribution >= 4 is 23.5 Å². The third-order valence-corrected chi connectivity index (χ3v) is 4.36. The van der Waals surface area contributed by atoms with Gasteiger partial charge in [-0.15, -0.1) is 11.3 Å². The number of aromatic amines is 1. The van der Waals surface area contributed by atoms with Gasteiger partial charge >= 0.3 is 0 Å². The second-order valence-corrected chi connectivity index (χ2v) is 6.31. The van der Waals surface area contributed by atoms with Crippen LogP contribution in [0.5, 0.6) is 5.75 Å². The molecule has 0 fully saturated rings. The van der Waals surface area contributed by atoms with Crippen LogP contribution in [-0.4, -0.2) is 29.4 Å². The quantitative estimate of drug-likeness (QED) is 0.553. The summed E-state index contributed by atoms with van der Waals surface area (Å²) < 4.78 is 5.22. The molecule has 0 unspecified atom stereocenters. The lowest BCUT2D eigenvalue weighted by Crippen LogP contribution is -2.18. The molecule has 0 aliphatic heterocycles. The van der Waals surface area contributed by atoms with E-state index in [0.29, 0.717) is 5.75 Å². The van der Waals surface area contributed by atoms with Crippen molar-refractivity contribution in [2.45, 2.75) is 6.92 Å². The van der Waals surface area contributed by atoms with Crippen LogP contribution in [0.3, 0.4) is 0 Å². The lowest BCUT2D eigenvalue weighted by molar-refractivity contribution is 0.0950. The van der Waals surface area contributed by atoms with Crippen molar-refractivity contribution in [3.05, 3.63) is 58.6 Å². The van der Waals surface area contributed by atoms with E-state index in [2.05, 4.69) is 20.7 Å². The first-order valence-electron chi connectivity index (χ1n) is 7.26. The standard InChI is InChI=1S/C17H16N4O2S/c1-11-7-8-16(24-11)13-9-14(20-19-13)17(22)21-18-10-12-5-3-4-6-15(12)23-2/h3-10H,1-2H3,(H,19,20)(H,21,22). The Kier molecular flexibility index (Phi) is 4.72. The third kappa shape index (κ3) is 3.52. The van der Waals surface area contributed by atoms with Gasteiger partial charge in [0.05, 0.1) is 23.9 Å². The fraction of sp³-hybridized carbons (Fsp3) is 0.118. The number of amides is 1. The molecule has 3 rings (SSSR count). The summed E-state index contributed by atoms with van der Waals surface area (Å²) >= 11 is 1.64. The van der Waals surface area contributed by atoms with E-state index >= 15 is 0 Å². The monoisotopic (exact) mass is 340 g/mol. The number of para-hydroxylation sites is 1. The van der Waals surface area contributed by atoms with E-state index in [1.165, 1.54) is 11.1 Å². The number of aryl methyl sites for hydroxylation is 1. The van der Waals surface area contributed by atoms with E-state index in [0.717, 1.165) is 16.1 Å². The van der Waals surface area contributed by atoms with E-state index < -0.39 is 0 Å². The number of nitrogens with one attached hydrogen (secondary N) is 2. The number of hydrogen-bond donors (Lipinski definition) is 2. The molecule has 122 valence electrons. The van der Waals surface area contributed by atoms with Crippen molar-refractivity contribution in [2.75, 3.05) is 7.11 Å². The highest BCUT2D eigenvalue weighted by atomic mass is 32.1. The van der Waals surface area contributed by atoms with Gasteiger partial charge in [0, 0.05) is 10.4 Å². The lowest BCUT2D eigenvalue weighted by atomic mass is 10.2. The molecule has 0 bridgehead atoms. The number of aromatic nitrogens is 2. The highest BCUT2D eigenvalue weighted by molar-refractivity contribution is 7.15. The van der Waals surface area contributed by atoms with Crippen molar-refractivity contribution in [3.63, 3.8) is 0 Å². The van der Waals surface area contributed by atoms with E-state index in [1.54, 1.807) is 24.5 Å². The minimum Gasteiger partial charge on any atom is -0.496 e. The molecule has 1 amide bonds. The van der Waals surface area contributed by atoms with E-state index in [4.69, 9.17) is 4.74 Å². The van der Waals surface area contributed by atoms with Crippen molar-refractivity contribution in [2.24, 2.45) is 5.10 Å². The third-order valence-electron chi connectivity index (χ3n) is 3.32. The van der Waals surface area contributed by atoms with Gasteiger partial charge in [0.25, 0.3) is 5.91 Å². The zero-order valence-electron chi connectivity index (χ0n) is 13.2. The highest BCUT2D eigenvalue weighted by Crippen LogP contribution is 2.26. The van der Waals surface area contributed by atoms with Gasteiger partial charge in [-0.1, -0.05) is 12.1 Å². The second-order valence-electron chi connectivity index (χ2n) is 5.02. The van der Waals surface area contributed by atoms with Crippen LogP contribution in [0.1, 0.15) is 20.9 Å². The summed E-state index contributed by atoms with van der Waals surface area (Å²) in [5.74, 6) is 0.308. The normalized spacial score (nSPS) is 10.9. The fourth-order valence-electron chi connectivity index (χ4n) is 2.13. The number of methoxy groups -OCH3 is 1. The lowest BCUT2D eigenvalue weighted by Gasteiger charge is -2.02. The first-order valence-corrected chi connectivity index (χ1v) is 8.07. The van der Waals surface area contributed by atoms with Gasteiger partial charge in [0.2, 0.25) is 0 Å². The summed E-state index contributed by atoms with van der Waals surface area (Å²) in [7, 11) is 1.59. The minimum absolute atomic E-state index is 0.285. The molecule has 0 spiro atoms. The number of thiophene rings is 1. The Hall–Kier alpha value is -2.93. The maximum absolute atomic E-state index is 12.1. The predicted octanol–water partition coefficient (Wildman–Crippen LogP) is 3.22. The fourth-order valence-corrected chi connectivity index (χ4v) is 2.97. The van der Waals surface area contributed by atoms with Crippen molar-refractivity contribution in [1.29, 1.82) is 0 Å². The van der Waals surface area contributed by atoms with Crippen LogP contribution in [-0.2, 0) is 0 Å². The number of carbonyl (C=O) groups is 1.